The number of nitrogens with two attached hydrogens (primary N) is 1. The van der Waals surface area contributed by atoms with Gasteiger partial charge in [0, 0.05) is 28.1 Å². The van der Waals surface area contributed by atoms with Crippen molar-refractivity contribution in [2.24, 2.45) is 5.73 Å². The van der Waals surface area contributed by atoms with E-state index in [1.165, 1.54) is 17.9 Å². The lowest BCUT2D eigenvalue weighted by molar-refractivity contribution is -0.116. The summed E-state index contributed by atoms with van der Waals surface area (Å²) in [6.45, 7) is 0.0644. The number of primary amides is 1. The number of nitrogens with zero attached hydrogens (tertiary/aromatic N) is 2. The number of methoxy groups -OCH3 is 1. The van der Waals surface area contributed by atoms with Crippen LogP contribution in [0.1, 0.15) is 16.8 Å². The van der Waals surface area contributed by atoms with Crippen LogP contribution in [0.4, 0.5) is 5.69 Å². The summed E-state index contributed by atoms with van der Waals surface area (Å²) in [4.78, 5) is 37.2. The normalized spacial score (nSPS) is 10.8. The number of rotatable bonds is 7. The minimum atomic E-state index is -0.672. The van der Waals surface area contributed by atoms with Crippen molar-refractivity contribution in [2.45, 2.75) is 13.0 Å². The molecule has 0 unspecified atom stereocenters. The molecule has 3 N–H and O–H groups in total. The summed E-state index contributed by atoms with van der Waals surface area (Å²) >= 11 is 6.02. The fraction of sp³-hybridized carbons (Fsp3) is 0.120. The van der Waals surface area contributed by atoms with Crippen LogP contribution in [0.25, 0.3) is 22.0 Å². The van der Waals surface area contributed by atoms with E-state index in [0.29, 0.717) is 32.9 Å². The molecule has 8 nitrogen and oxygen atoms in total. The molecule has 0 spiro atoms. The summed E-state index contributed by atoms with van der Waals surface area (Å²) in [6.07, 6.45) is -0.0107. The van der Waals surface area contributed by atoms with Gasteiger partial charge in [-0.1, -0.05) is 41.9 Å². The maximum atomic E-state index is 13.0. The van der Waals surface area contributed by atoms with Crippen LogP contribution in [0.3, 0.4) is 0 Å². The zero-order chi connectivity index (χ0) is 24.2. The largest absolute Gasteiger partial charge is 0.496 e. The molecule has 0 atom stereocenters. The lowest BCUT2D eigenvalue weighted by Crippen LogP contribution is -2.26. The molecule has 34 heavy (non-hydrogen) atoms. The van der Waals surface area contributed by atoms with E-state index >= 15 is 0 Å². The van der Waals surface area contributed by atoms with Crippen molar-refractivity contribution < 1.29 is 14.3 Å². The Labute approximate surface area is 199 Å². The van der Waals surface area contributed by atoms with Crippen LogP contribution < -0.4 is 21.3 Å². The number of ether oxygens (including phenoxy) is 1. The van der Waals surface area contributed by atoms with E-state index in [1.54, 1.807) is 36.4 Å². The van der Waals surface area contributed by atoms with E-state index in [9.17, 15) is 14.4 Å². The van der Waals surface area contributed by atoms with E-state index in [-0.39, 0.29) is 30.0 Å². The van der Waals surface area contributed by atoms with Gasteiger partial charge in [0.25, 0.3) is 11.5 Å². The summed E-state index contributed by atoms with van der Waals surface area (Å²) in [5, 5.41) is 9.06. The molecule has 0 saturated heterocycles. The van der Waals surface area contributed by atoms with Crippen LogP contribution >= 0.6 is 11.6 Å². The van der Waals surface area contributed by atoms with Gasteiger partial charge in [-0.15, -0.1) is 0 Å². The molecule has 3 aromatic carbocycles. The number of hydrogen-bond donors (Lipinski definition) is 2. The van der Waals surface area contributed by atoms with Crippen LogP contribution in [-0.4, -0.2) is 28.7 Å². The molecule has 0 fully saturated rings. The Balaban J connectivity index is 1.59. The Hall–Kier alpha value is -4.17. The second-order valence-electron chi connectivity index (χ2n) is 7.51. The van der Waals surface area contributed by atoms with Crippen LogP contribution in [0.15, 0.2) is 71.5 Å². The zero-order valence-corrected chi connectivity index (χ0v) is 19.0. The summed E-state index contributed by atoms with van der Waals surface area (Å²) < 4.78 is 6.39. The smallest absolute Gasteiger partial charge is 0.274 e. The number of aryl methyl sites for hydroxylation is 1. The van der Waals surface area contributed by atoms with E-state index in [0.717, 1.165) is 5.56 Å². The molecule has 1 heterocycles. The third kappa shape index (κ3) is 4.77. The van der Waals surface area contributed by atoms with Crippen molar-refractivity contribution in [1.82, 2.24) is 9.78 Å². The number of fused-ring (bicyclic) bond motifs is 1. The topological polar surface area (TPSA) is 116 Å². The molecule has 9 heteroatoms. The van der Waals surface area contributed by atoms with Gasteiger partial charge in [0.15, 0.2) is 0 Å². The maximum absolute atomic E-state index is 13.0. The van der Waals surface area contributed by atoms with E-state index in [4.69, 9.17) is 22.1 Å². The number of benzene rings is 3. The number of anilines is 1. The molecule has 4 aromatic rings. The van der Waals surface area contributed by atoms with Crippen molar-refractivity contribution in [1.29, 1.82) is 0 Å². The monoisotopic (exact) mass is 476 g/mol. The van der Waals surface area contributed by atoms with E-state index in [2.05, 4.69) is 10.4 Å². The summed E-state index contributed by atoms with van der Waals surface area (Å²) in [6, 6.07) is 19.0. The first-order chi connectivity index (χ1) is 16.4. The molecule has 1 aromatic heterocycles. The Bertz CT molecular complexity index is 1450. The van der Waals surface area contributed by atoms with E-state index in [1.807, 2.05) is 24.3 Å². The molecule has 2 amide bonds. The molecule has 4 rings (SSSR count). The standard InChI is InChI=1S/C25H21ClN4O4/c1-34-21-11-10-17(14-20(21)24(27)32)28-22(31)12-13-30-25(33)19-5-3-2-4-18(19)23(29-30)15-6-8-16(26)9-7-15/h2-11,14H,12-13H2,1H3,(H2,27,32)(H,28,31). The highest BCUT2D eigenvalue weighted by atomic mass is 35.5. The summed E-state index contributed by atoms with van der Waals surface area (Å²) in [5.41, 5.74) is 7.04. The van der Waals surface area contributed by atoms with Gasteiger partial charge >= 0.3 is 0 Å². The number of carbonyl (C=O) groups is 2. The Morgan fingerprint density at radius 2 is 1.76 bits per heavy atom. The lowest BCUT2D eigenvalue weighted by atomic mass is 10.1. The number of amides is 2. The van der Waals surface area contributed by atoms with Crippen molar-refractivity contribution in [2.75, 3.05) is 12.4 Å². The Morgan fingerprint density at radius 1 is 1.06 bits per heavy atom. The van der Waals surface area contributed by atoms with Crippen LogP contribution in [0.2, 0.25) is 5.02 Å². The van der Waals surface area contributed by atoms with Gasteiger partial charge in [-0.2, -0.15) is 5.10 Å². The zero-order valence-electron chi connectivity index (χ0n) is 18.2. The number of hydrogen-bond acceptors (Lipinski definition) is 5. The third-order valence-corrected chi connectivity index (χ3v) is 5.54. The highest BCUT2D eigenvalue weighted by Gasteiger charge is 2.14. The number of halogens is 1. The SMILES string of the molecule is COc1ccc(NC(=O)CCn2nc(-c3ccc(Cl)cc3)c3ccccc3c2=O)cc1C(N)=O. The predicted molar refractivity (Wildman–Crippen MR) is 131 cm³/mol. The van der Waals surface area contributed by atoms with Crippen molar-refractivity contribution in [3.63, 3.8) is 0 Å². The predicted octanol–water partition coefficient (Wildman–Crippen LogP) is 3.85. The molecule has 0 radical (unpaired) electrons. The minimum absolute atomic E-state index is 0.0107. The Morgan fingerprint density at radius 3 is 2.44 bits per heavy atom. The first kappa shape index (κ1) is 23.0. The average Bonchev–Trinajstić information content (AvgIpc) is 2.84. The van der Waals surface area contributed by atoms with Gasteiger partial charge < -0.3 is 15.8 Å². The highest BCUT2D eigenvalue weighted by Crippen LogP contribution is 2.26. The number of nitrogens with one attached hydrogen (secondary N) is 1. The maximum Gasteiger partial charge on any atom is 0.274 e. The first-order valence-electron chi connectivity index (χ1n) is 10.4. The summed E-state index contributed by atoms with van der Waals surface area (Å²) in [7, 11) is 1.42. The Kier molecular flexibility index (Phi) is 6.60. The average molecular weight is 477 g/mol. The van der Waals surface area contributed by atoms with Crippen LogP contribution in [0, 0.1) is 0 Å². The molecule has 0 bridgehead atoms. The van der Waals surface area contributed by atoms with Crippen LogP contribution in [0.5, 0.6) is 5.75 Å². The molecular weight excluding hydrogens is 456 g/mol. The van der Waals surface area contributed by atoms with Gasteiger partial charge in [-0.3, -0.25) is 14.4 Å². The molecule has 0 saturated carbocycles. The van der Waals surface area contributed by atoms with Gasteiger partial charge in [-0.05, 0) is 36.4 Å². The molecular formula is C25H21ClN4O4. The second-order valence-corrected chi connectivity index (χ2v) is 7.94. The quantitative estimate of drug-likeness (QED) is 0.420. The molecule has 0 aliphatic carbocycles. The van der Waals surface area contributed by atoms with Gasteiger partial charge in [0.2, 0.25) is 5.91 Å². The van der Waals surface area contributed by atoms with Gasteiger partial charge in [-0.25, -0.2) is 4.68 Å². The minimum Gasteiger partial charge on any atom is -0.496 e. The highest BCUT2D eigenvalue weighted by molar-refractivity contribution is 6.30. The third-order valence-electron chi connectivity index (χ3n) is 5.28. The molecule has 0 aliphatic heterocycles. The fourth-order valence-electron chi connectivity index (χ4n) is 3.62. The fourth-order valence-corrected chi connectivity index (χ4v) is 3.74. The van der Waals surface area contributed by atoms with E-state index < -0.39 is 5.91 Å². The van der Waals surface area contributed by atoms with Crippen molar-refractivity contribution in [3.05, 3.63) is 87.7 Å². The van der Waals surface area contributed by atoms with Crippen molar-refractivity contribution >= 4 is 39.9 Å². The second kappa shape index (κ2) is 9.76. The number of carbonyl (C=O) groups excluding carboxylic acids is 2. The summed E-state index contributed by atoms with van der Waals surface area (Å²) in [5.74, 6) is -0.711. The van der Waals surface area contributed by atoms with Gasteiger partial charge in [0.1, 0.15) is 5.75 Å². The van der Waals surface area contributed by atoms with Crippen molar-refractivity contribution in [3.8, 4) is 17.0 Å². The van der Waals surface area contributed by atoms with Crippen LogP contribution in [-0.2, 0) is 11.3 Å². The van der Waals surface area contributed by atoms with Gasteiger partial charge in [0.05, 0.1) is 30.3 Å². The molecule has 172 valence electrons. The lowest BCUT2D eigenvalue weighted by Gasteiger charge is -2.12. The first-order valence-corrected chi connectivity index (χ1v) is 10.8. The molecule has 0 aliphatic rings. The number of aromatic nitrogens is 2.